The standard InChI is InChI=1S/C44H50BrFN2O9Si/c1-43(2,3)58(6,7)57-44-29(36(48(4)5)39-33(41(44)53)42(47-56-39)55-23-25-16-12-9-13-17-25)19-26-18-28-32(37(51)31(26)40(44)52)38(54-22-24-14-10-8-11-15-24)34(45)30(35(28)46)27(20-49)21-50/h8-17,26-27,29,36,49-51H,18-23H2,1-7H3/t26-,29-,36-,44-/m0/s1. The Kier molecular flexibility index (Phi) is 11.4. The van der Waals surface area contributed by atoms with Crippen molar-refractivity contribution >= 4 is 41.6 Å². The molecule has 0 saturated heterocycles. The van der Waals surface area contributed by atoms with E-state index in [4.69, 9.17) is 18.4 Å². The van der Waals surface area contributed by atoms with E-state index in [1.165, 1.54) is 0 Å². The van der Waals surface area contributed by atoms with Gasteiger partial charge in [-0.25, -0.2) is 4.39 Å². The Morgan fingerprint density at radius 1 is 0.966 bits per heavy atom. The minimum absolute atomic E-state index is 0.00542. The number of carbonyl (C=O) groups is 2. The van der Waals surface area contributed by atoms with Gasteiger partial charge in [0.1, 0.15) is 36.1 Å². The van der Waals surface area contributed by atoms with Gasteiger partial charge in [0.05, 0.1) is 29.3 Å². The highest BCUT2D eigenvalue weighted by Gasteiger charge is 2.69. The molecule has 0 spiro atoms. The molecule has 3 aliphatic rings. The summed E-state index contributed by atoms with van der Waals surface area (Å²) in [5, 5.41) is 36.8. The van der Waals surface area contributed by atoms with Crippen LogP contribution in [-0.2, 0) is 28.9 Å². The summed E-state index contributed by atoms with van der Waals surface area (Å²) in [4.78, 5) is 33.2. The molecule has 1 fully saturated rings. The van der Waals surface area contributed by atoms with Crippen molar-refractivity contribution < 1.29 is 47.7 Å². The average molecular weight is 878 g/mol. The molecule has 4 atom stereocenters. The SMILES string of the molecule is CN(C)[C@@H]1c2onc(OCc3ccccc3)c2C(=O)[C@@]2(O[Si](C)(C)C(C)(C)C)C(=O)C3=C(O)c4c(c(F)c(C(CO)CO)c(Br)c4OCc4ccccc4)C[C@H]3C[C@@H]12. The second-order valence-electron chi connectivity index (χ2n) is 17.2. The van der Waals surface area contributed by atoms with Crippen LogP contribution in [0.5, 0.6) is 11.6 Å². The van der Waals surface area contributed by atoms with Crippen LogP contribution in [0.15, 0.2) is 75.2 Å². The van der Waals surface area contributed by atoms with Crippen molar-refractivity contribution in [2.75, 3.05) is 27.3 Å². The van der Waals surface area contributed by atoms with E-state index in [1.54, 1.807) is 0 Å². The van der Waals surface area contributed by atoms with Crippen LogP contribution >= 0.6 is 15.9 Å². The lowest BCUT2D eigenvalue weighted by Crippen LogP contribution is -2.68. The number of ether oxygens (including phenoxy) is 2. The Bertz CT molecular complexity index is 2250. The molecule has 7 rings (SSSR count). The maximum Gasteiger partial charge on any atom is 0.265 e. The molecule has 1 saturated carbocycles. The number of rotatable bonds is 12. The zero-order chi connectivity index (χ0) is 41.9. The number of hydrogen-bond acceptors (Lipinski definition) is 11. The first-order chi connectivity index (χ1) is 27.5. The highest BCUT2D eigenvalue weighted by atomic mass is 79.9. The predicted molar refractivity (Wildman–Crippen MR) is 221 cm³/mol. The number of carbonyl (C=O) groups excluding carboxylic acids is 2. The number of hydrogen-bond donors (Lipinski definition) is 3. The molecular formula is C44H50BrFN2O9Si. The molecule has 58 heavy (non-hydrogen) atoms. The number of aliphatic hydroxyl groups is 3. The van der Waals surface area contributed by atoms with Crippen LogP contribution in [0.2, 0.25) is 18.1 Å². The monoisotopic (exact) mass is 876 g/mol. The molecule has 0 unspecified atom stereocenters. The van der Waals surface area contributed by atoms with Crippen molar-refractivity contribution in [3.63, 3.8) is 0 Å². The van der Waals surface area contributed by atoms with Crippen LogP contribution in [0.1, 0.15) is 83.1 Å². The van der Waals surface area contributed by atoms with Gasteiger partial charge in [0.15, 0.2) is 19.7 Å². The zero-order valence-electron chi connectivity index (χ0n) is 33.8. The Morgan fingerprint density at radius 2 is 1.55 bits per heavy atom. The molecule has 1 aromatic heterocycles. The summed E-state index contributed by atoms with van der Waals surface area (Å²) in [6.07, 6.45) is 0.0795. The van der Waals surface area contributed by atoms with E-state index in [0.717, 1.165) is 11.1 Å². The molecule has 3 aliphatic carbocycles. The lowest BCUT2D eigenvalue weighted by molar-refractivity contribution is -0.140. The fraction of sp³-hybridized carbons (Fsp3) is 0.432. The third kappa shape index (κ3) is 6.84. The van der Waals surface area contributed by atoms with Crippen LogP contribution in [0.3, 0.4) is 0 Å². The molecule has 3 N–H and O–H groups in total. The fourth-order valence-electron chi connectivity index (χ4n) is 8.49. The average Bonchev–Trinajstić information content (AvgIpc) is 3.60. The summed E-state index contributed by atoms with van der Waals surface area (Å²) in [6, 6.07) is 17.9. The van der Waals surface area contributed by atoms with Crippen LogP contribution in [-0.4, -0.2) is 78.2 Å². The number of Topliss-reactive ketones (excluding diaryl/α,β-unsaturated/α-hetero) is 2. The Hall–Kier alpha value is -4.18. The minimum Gasteiger partial charge on any atom is -0.507 e. The number of aliphatic hydroxyl groups excluding tert-OH is 3. The Morgan fingerprint density at radius 3 is 2.10 bits per heavy atom. The van der Waals surface area contributed by atoms with Gasteiger partial charge in [-0.1, -0.05) is 81.4 Å². The topological polar surface area (TPSA) is 152 Å². The lowest BCUT2D eigenvalue weighted by atomic mass is 9.57. The third-order valence-electron chi connectivity index (χ3n) is 12.4. The molecule has 3 aromatic carbocycles. The van der Waals surface area contributed by atoms with E-state index >= 15 is 14.0 Å². The highest BCUT2D eigenvalue weighted by Crippen LogP contribution is 2.60. The van der Waals surface area contributed by atoms with Crippen molar-refractivity contribution in [2.45, 2.75) is 82.5 Å². The van der Waals surface area contributed by atoms with Crippen molar-refractivity contribution in [1.29, 1.82) is 0 Å². The van der Waals surface area contributed by atoms with Crippen LogP contribution in [0, 0.1) is 17.7 Å². The van der Waals surface area contributed by atoms with E-state index in [9.17, 15) is 15.3 Å². The molecule has 0 bridgehead atoms. The lowest BCUT2D eigenvalue weighted by Gasteiger charge is -2.55. The Labute approximate surface area is 347 Å². The van der Waals surface area contributed by atoms with Gasteiger partial charge in [-0.05, 0) is 83.2 Å². The van der Waals surface area contributed by atoms with E-state index in [1.807, 2.05) is 114 Å². The van der Waals surface area contributed by atoms with Gasteiger partial charge in [-0.3, -0.25) is 14.5 Å². The molecule has 0 radical (unpaired) electrons. The second kappa shape index (κ2) is 15.8. The number of benzene rings is 3. The molecule has 1 heterocycles. The number of aromatic nitrogens is 1. The maximum absolute atomic E-state index is 17.0. The molecule has 14 heteroatoms. The van der Waals surface area contributed by atoms with E-state index < -0.39 is 79.1 Å². The van der Waals surface area contributed by atoms with Crippen molar-refractivity contribution in [3.05, 3.63) is 116 Å². The third-order valence-corrected chi connectivity index (χ3v) is 17.7. The van der Waals surface area contributed by atoms with E-state index in [0.29, 0.717) is 0 Å². The maximum atomic E-state index is 17.0. The molecule has 4 aromatic rings. The number of fused-ring (bicyclic) bond motifs is 4. The number of ketones is 2. The van der Waals surface area contributed by atoms with Gasteiger partial charge in [0, 0.05) is 28.5 Å². The minimum atomic E-state index is -3.00. The molecule has 308 valence electrons. The molecule has 0 amide bonds. The van der Waals surface area contributed by atoms with Gasteiger partial charge in [-0.2, -0.15) is 0 Å². The van der Waals surface area contributed by atoms with E-state index in [2.05, 4.69) is 21.1 Å². The van der Waals surface area contributed by atoms with Crippen molar-refractivity contribution in [2.24, 2.45) is 11.8 Å². The van der Waals surface area contributed by atoms with Crippen LogP contribution < -0.4 is 9.47 Å². The first kappa shape index (κ1) is 42.0. The van der Waals surface area contributed by atoms with Crippen molar-refractivity contribution in [3.8, 4) is 11.6 Å². The van der Waals surface area contributed by atoms with Gasteiger partial charge < -0.3 is 33.7 Å². The first-order valence-corrected chi connectivity index (χ1v) is 23.2. The molecule has 0 aliphatic heterocycles. The number of nitrogens with zero attached hydrogens (tertiary/aromatic N) is 2. The second-order valence-corrected chi connectivity index (χ2v) is 22.7. The summed E-state index contributed by atoms with van der Waals surface area (Å²) in [5.41, 5.74) is -0.532. The number of halogens is 2. The molecular weight excluding hydrogens is 827 g/mol. The Balaban J connectivity index is 1.45. The summed E-state index contributed by atoms with van der Waals surface area (Å²) < 4.78 is 42.8. The van der Waals surface area contributed by atoms with Crippen LogP contribution in [0.25, 0.3) is 5.76 Å². The van der Waals surface area contributed by atoms with Gasteiger partial charge >= 0.3 is 0 Å². The summed E-state index contributed by atoms with van der Waals surface area (Å²) in [6.45, 7) is 8.98. The normalized spacial score (nSPS) is 21.8. The largest absolute Gasteiger partial charge is 0.507 e. The first-order valence-electron chi connectivity index (χ1n) is 19.5. The predicted octanol–water partition coefficient (Wildman–Crippen LogP) is 8.09. The summed E-state index contributed by atoms with van der Waals surface area (Å²) in [7, 11) is 0.641. The van der Waals surface area contributed by atoms with E-state index in [-0.39, 0.29) is 75.7 Å². The highest BCUT2D eigenvalue weighted by molar-refractivity contribution is 9.10. The quantitative estimate of drug-likeness (QED) is 0.0936. The van der Waals surface area contributed by atoms with Gasteiger partial charge in [0.2, 0.25) is 11.6 Å². The van der Waals surface area contributed by atoms with Gasteiger partial charge in [0.25, 0.3) is 5.88 Å². The van der Waals surface area contributed by atoms with Crippen molar-refractivity contribution in [1.82, 2.24) is 10.1 Å². The molecule has 11 nitrogen and oxygen atoms in total. The fourth-order valence-corrected chi connectivity index (χ4v) is 10.7. The van der Waals surface area contributed by atoms with Gasteiger partial charge in [-0.15, -0.1) is 0 Å². The van der Waals surface area contributed by atoms with Crippen LogP contribution in [0.4, 0.5) is 4.39 Å². The smallest absolute Gasteiger partial charge is 0.265 e. The summed E-state index contributed by atoms with van der Waals surface area (Å²) >= 11 is 3.50. The zero-order valence-corrected chi connectivity index (χ0v) is 36.4. The summed E-state index contributed by atoms with van der Waals surface area (Å²) in [5.74, 6) is -5.04.